The molecule has 0 saturated heterocycles. The quantitative estimate of drug-likeness (QED) is 0.417. The van der Waals surface area contributed by atoms with Crippen LogP contribution in [0.2, 0.25) is 0 Å². The molecule has 0 spiro atoms. The van der Waals surface area contributed by atoms with Gasteiger partial charge < -0.3 is 0 Å². The Balaban J connectivity index is 3.46. The normalized spacial score (nSPS) is 7.75. The third kappa shape index (κ3) is 2.23. The van der Waals surface area contributed by atoms with Crippen LogP contribution in [0.3, 0.4) is 0 Å². The molecule has 1 amide bonds. The van der Waals surface area contributed by atoms with Gasteiger partial charge in [-0.3, -0.25) is 15.2 Å². The summed E-state index contributed by atoms with van der Waals surface area (Å²) in [7, 11) is 1.72. The SMILES string of the molecule is C=C(C)N(C)NC=O. The van der Waals surface area contributed by atoms with E-state index in [1.54, 1.807) is 14.0 Å². The molecule has 3 heteroatoms. The maximum absolute atomic E-state index is 9.73. The van der Waals surface area contributed by atoms with E-state index in [1.165, 1.54) is 5.01 Å². The molecule has 0 aliphatic heterocycles. The number of carbonyl (C=O) groups excluding carboxylic acids is 1. The van der Waals surface area contributed by atoms with Gasteiger partial charge in [0.05, 0.1) is 0 Å². The van der Waals surface area contributed by atoms with Gasteiger partial charge in [-0.25, -0.2) is 0 Å². The van der Waals surface area contributed by atoms with Gasteiger partial charge in [-0.1, -0.05) is 6.58 Å². The molecule has 0 aliphatic rings. The van der Waals surface area contributed by atoms with Gasteiger partial charge in [0.25, 0.3) is 0 Å². The van der Waals surface area contributed by atoms with Crippen molar-refractivity contribution < 1.29 is 4.79 Å². The second kappa shape index (κ2) is 3.07. The van der Waals surface area contributed by atoms with Crippen LogP contribution in [0.4, 0.5) is 0 Å². The van der Waals surface area contributed by atoms with Crippen molar-refractivity contribution in [1.29, 1.82) is 0 Å². The van der Waals surface area contributed by atoms with Gasteiger partial charge in [0.15, 0.2) is 0 Å². The lowest BCUT2D eigenvalue weighted by Gasteiger charge is -2.15. The second-order valence-corrected chi connectivity index (χ2v) is 1.54. The fourth-order valence-electron chi connectivity index (χ4n) is 0.189. The minimum Gasteiger partial charge on any atom is -0.294 e. The Labute approximate surface area is 49.0 Å². The molecule has 8 heavy (non-hydrogen) atoms. The fraction of sp³-hybridized carbons (Fsp3) is 0.400. The van der Waals surface area contributed by atoms with Gasteiger partial charge in [-0.2, -0.15) is 0 Å². The predicted molar refractivity (Wildman–Crippen MR) is 31.8 cm³/mol. The summed E-state index contributed by atoms with van der Waals surface area (Å²) in [6, 6.07) is 0. The third-order valence-electron chi connectivity index (χ3n) is 0.819. The van der Waals surface area contributed by atoms with Gasteiger partial charge in [0, 0.05) is 12.7 Å². The highest BCUT2D eigenvalue weighted by molar-refractivity contribution is 5.45. The zero-order valence-corrected chi connectivity index (χ0v) is 5.14. The maximum atomic E-state index is 9.73. The van der Waals surface area contributed by atoms with Crippen molar-refractivity contribution in [1.82, 2.24) is 10.4 Å². The molecule has 0 unspecified atom stereocenters. The highest BCUT2D eigenvalue weighted by atomic mass is 16.1. The molecule has 0 rings (SSSR count). The molecule has 0 aromatic carbocycles. The summed E-state index contributed by atoms with van der Waals surface area (Å²) < 4.78 is 0. The number of amides is 1. The smallest absolute Gasteiger partial charge is 0.225 e. The number of hydrogen-bond donors (Lipinski definition) is 1. The molecule has 1 N–H and O–H groups in total. The van der Waals surface area contributed by atoms with E-state index in [0.717, 1.165) is 5.70 Å². The van der Waals surface area contributed by atoms with Crippen LogP contribution in [0.1, 0.15) is 6.92 Å². The number of nitrogens with one attached hydrogen (secondary N) is 1. The first-order chi connectivity index (χ1) is 3.68. The van der Waals surface area contributed by atoms with Crippen LogP contribution in [0.15, 0.2) is 12.3 Å². The fourth-order valence-corrected chi connectivity index (χ4v) is 0.189. The minimum atomic E-state index is 0.606. The van der Waals surface area contributed by atoms with E-state index in [9.17, 15) is 4.79 Å². The van der Waals surface area contributed by atoms with Crippen LogP contribution in [0.25, 0.3) is 0 Å². The molecule has 0 saturated carbocycles. The van der Waals surface area contributed by atoms with Gasteiger partial charge in [0.2, 0.25) is 6.41 Å². The van der Waals surface area contributed by atoms with Crippen molar-refractivity contribution in [3.05, 3.63) is 12.3 Å². The molecular weight excluding hydrogens is 104 g/mol. The monoisotopic (exact) mass is 114 g/mol. The number of hydrogen-bond acceptors (Lipinski definition) is 2. The van der Waals surface area contributed by atoms with Crippen LogP contribution in [0.5, 0.6) is 0 Å². The van der Waals surface area contributed by atoms with Gasteiger partial charge in [-0.15, -0.1) is 0 Å². The molecule has 0 atom stereocenters. The Hall–Kier alpha value is -0.990. The number of hydrazine groups is 1. The highest BCUT2D eigenvalue weighted by Gasteiger charge is 1.88. The average molecular weight is 114 g/mol. The Morgan fingerprint density at radius 2 is 2.38 bits per heavy atom. The van der Waals surface area contributed by atoms with Crippen LogP contribution >= 0.6 is 0 Å². The summed E-state index contributed by atoms with van der Waals surface area (Å²) in [5.74, 6) is 0. The largest absolute Gasteiger partial charge is 0.294 e. The van der Waals surface area contributed by atoms with Crippen molar-refractivity contribution in [2.24, 2.45) is 0 Å². The molecule has 0 aromatic rings. The van der Waals surface area contributed by atoms with Crippen LogP contribution < -0.4 is 5.43 Å². The summed E-state index contributed by atoms with van der Waals surface area (Å²) in [4.78, 5) is 9.73. The molecule has 0 radical (unpaired) electrons. The lowest BCUT2D eigenvalue weighted by Crippen LogP contribution is -2.30. The van der Waals surface area contributed by atoms with E-state index < -0.39 is 0 Å². The summed E-state index contributed by atoms with van der Waals surface area (Å²) in [6.07, 6.45) is 0.606. The standard InChI is InChI=1S/C5H10N2O/c1-5(2)7(3)6-4-8/h4H,1H2,2-3H3,(H,6,8). The summed E-state index contributed by atoms with van der Waals surface area (Å²) >= 11 is 0. The van der Waals surface area contributed by atoms with E-state index in [-0.39, 0.29) is 0 Å². The first-order valence-electron chi connectivity index (χ1n) is 2.27. The van der Waals surface area contributed by atoms with E-state index in [1.807, 2.05) is 0 Å². The summed E-state index contributed by atoms with van der Waals surface area (Å²) in [6.45, 7) is 5.38. The first-order valence-corrected chi connectivity index (χ1v) is 2.27. The second-order valence-electron chi connectivity index (χ2n) is 1.54. The molecule has 0 bridgehead atoms. The molecular formula is C5H10N2O. The van der Waals surface area contributed by atoms with Gasteiger partial charge in [0.1, 0.15) is 0 Å². The Bertz CT molecular complexity index is 101. The Morgan fingerprint density at radius 1 is 1.88 bits per heavy atom. The van der Waals surface area contributed by atoms with Crippen molar-refractivity contribution in [3.63, 3.8) is 0 Å². The lowest BCUT2D eigenvalue weighted by atomic mass is 10.6. The summed E-state index contributed by atoms with van der Waals surface area (Å²) in [5, 5.41) is 1.53. The number of carbonyl (C=O) groups is 1. The number of rotatable bonds is 3. The zero-order valence-electron chi connectivity index (χ0n) is 5.14. The third-order valence-corrected chi connectivity index (χ3v) is 0.819. The van der Waals surface area contributed by atoms with Gasteiger partial charge >= 0.3 is 0 Å². The number of nitrogens with zero attached hydrogens (tertiary/aromatic N) is 1. The van der Waals surface area contributed by atoms with E-state index >= 15 is 0 Å². The maximum Gasteiger partial charge on any atom is 0.225 e. The van der Waals surface area contributed by atoms with Crippen molar-refractivity contribution in [2.45, 2.75) is 6.92 Å². The Kier molecular flexibility index (Phi) is 2.69. The van der Waals surface area contributed by atoms with Crippen molar-refractivity contribution >= 4 is 6.41 Å². The van der Waals surface area contributed by atoms with Crippen molar-refractivity contribution in [2.75, 3.05) is 7.05 Å². The van der Waals surface area contributed by atoms with E-state index in [2.05, 4.69) is 12.0 Å². The molecule has 46 valence electrons. The predicted octanol–water partition coefficient (Wildman–Crippen LogP) is 0.113. The topological polar surface area (TPSA) is 32.3 Å². The average Bonchev–Trinajstić information content (AvgIpc) is 1.67. The van der Waals surface area contributed by atoms with Gasteiger partial charge in [-0.05, 0) is 6.92 Å². The van der Waals surface area contributed by atoms with Crippen LogP contribution in [0, 0.1) is 0 Å². The molecule has 0 heterocycles. The van der Waals surface area contributed by atoms with E-state index in [0.29, 0.717) is 6.41 Å². The molecule has 0 fully saturated rings. The molecule has 0 aromatic heterocycles. The van der Waals surface area contributed by atoms with Crippen molar-refractivity contribution in [3.8, 4) is 0 Å². The Morgan fingerprint density at radius 3 is 2.50 bits per heavy atom. The van der Waals surface area contributed by atoms with Crippen LogP contribution in [-0.2, 0) is 4.79 Å². The van der Waals surface area contributed by atoms with Crippen LogP contribution in [-0.4, -0.2) is 18.5 Å². The zero-order chi connectivity index (χ0) is 6.57. The highest BCUT2D eigenvalue weighted by Crippen LogP contribution is 1.86. The lowest BCUT2D eigenvalue weighted by molar-refractivity contribution is -0.112. The first kappa shape index (κ1) is 7.01. The molecule has 3 nitrogen and oxygen atoms in total. The number of allylic oxidation sites excluding steroid dienone is 1. The summed E-state index contributed by atoms with van der Waals surface area (Å²) in [5.41, 5.74) is 3.20. The van der Waals surface area contributed by atoms with E-state index in [4.69, 9.17) is 0 Å². The molecule has 0 aliphatic carbocycles. The minimum absolute atomic E-state index is 0.606.